The van der Waals surface area contributed by atoms with Crippen molar-refractivity contribution in [2.45, 2.75) is 94.3 Å². The lowest BCUT2D eigenvalue weighted by atomic mass is 9.43. The Morgan fingerprint density at radius 2 is 0.650 bits per heavy atom. The lowest BCUT2D eigenvalue weighted by molar-refractivity contribution is -0.0399. The lowest BCUT2D eigenvalue weighted by Crippen LogP contribution is -2.55. The second kappa shape index (κ2) is 11.3. The lowest BCUT2D eigenvalue weighted by Gasteiger charge is -2.61. The van der Waals surface area contributed by atoms with E-state index in [1.165, 1.54) is 126 Å². The molecule has 0 unspecified atom stereocenters. The van der Waals surface area contributed by atoms with E-state index in [4.69, 9.17) is 0 Å². The number of hydrogen-bond acceptors (Lipinski definition) is 1. The van der Waals surface area contributed by atoms with Gasteiger partial charge in [0.1, 0.15) is 0 Å². The Labute approximate surface area is 356 Å². The van der Waals surface area contributed by atoms with E-state index in [0.29, 0.717) is 0 Å². The molecular weight excluding hydrogens is 723 g/mol. The van der Waals surface area contributed by atoms with Gasteiger partial charge in [-0.2, -0.15) is 0 Å². The van der Waals surface area contributed by atoms with Gasteiger partial charge in [0.25, 0.3) is 0 Å². The molecule has 0 aliphatic heterocycles. The molecule has 6 aromatic carbocycles. The first-order valence-electron chi connectivity index (χ1n) is 23.9. The molecule has 0 saturated heterocycles. The molecule has 296 valence electrons. The Morgan fingerprint density at radius 1 is 0.333 bits per heavy atom. The zero-order valence-electron chi connectivity index (χ0n) is 35.3. The maximum absolute atomic E-state index is 2.73. The van der Waals surface area contributed by atoms with Crippen LogP contribution < -0.4 is 4.90 Å². The van der Waals surface area contributed by atoms with E-state index in [1.807, 2.05) is 0 Å². The summed E-state index contributed by atoms with van der Waals surface area (Å²) >= 11 is 0. The third kappa shape index (κ3) is 3.95. The SMILES string of the molecule is CC1(C)c2ccccc2-c2ccc(N(c3ccc4c(c3)C3(c5ccccc5-4)C4CC5CC(C4)CC3C5)c3ccc4c(c3)C3(c5ccccc5-4)C4CC5CC(C4)CC3C5)cc21. The molecule has 0 atom stereocenters. The average Bonchev–Trinajstić information content (AvgIpc) is 3.81. The normalized spacial score (nSPS) is 34.1. The Balaban J connectivity index is 0.962. The molecule has 0 aromatic heterocycles. The molecule has 1 heteroatoms. The molecule has 0 radical (unpaired) electrons. The van der Waals surface area contributed by atoms with Crippen LogP contribution in [0.3, 0.4) is 0 Å². The topological polar surface area (TPSA) is 3.24 Å². The van der Waals surface area contributed by atoms with Crippen molar-refractivity contribution in [1.29, 1.82) is 0 Å². The Morgan fingerprint density at radius 3 is 1.07 bits per heavy atom. The van der Waals surface area contributed by atoms with Crippen LogP contribution in [0.25, 0.3) is 33.4 Å². The van der Waals surface area contributed by atoms with Crippen molar-refractivity contribution in [3.63, 3.8) is 0 Å². The highest BCUT2D eigenvalue weighted by molar-refractivity contribution is 5.91. The Bertz CT molecular complexity index is 2650. The fraction of sp³-hybridized carbons (Fsp3) is 0.390. The van der Waals surface area contributed by atoms with E-state index in [1.54, 1.807) is 22.3 Å². The van der Waals surface area contributed by atoms with Gasteiger partial charge < -0.3 is 4.90 Å². The minimum Gasteiger partial charge on any atom is -0.310 e. The molecule has 8 fully saturated rings. The number of hydrogen-bond donors (Lipinski definition) is 0. The van der Waals surface area contributed by atoms with Gasteiger partial charge in [-0.25, -0.2) is 0 Å². The predicted octanol–water partition coefficient (Wildman–Crippen LogP) is 14.9. The zero-order valence-corrected chi connectivity index (χ0v) is 35.3. The molecule has 1 nitrogen and oxygen atoms in total. The second-order valence-electron chi connectivity index (χ2n) is 22.1. The minimum absolute atomic E-state index is 0.0678. The third-order valence-corrected chi connectivity index (χ3v) is 19.4. The van der Waals surface area contributed by atoms with Gasteiger partial charge in [-0.3, -0.25) is 0 Å². The van der Waals surface area contributed by atoms with E-state index >= 15 is 0 Å². The van der Waals surface area contributed by atoms with Crippen LogP contribution >= 0.6 is 0 Å². The van der Waals surface area contributed by atoms with Crippen molar-refractivity contribution in [3.8, 4) is 33.4 Å². The minimum atomic E-state index is -0.0678. The standard InChI is InChI=1S/C59H55N/c1-57(2)51-12-6-3-9-45(51)48-18-15-42(31-54(48)57)60(43-16-19-49-46-10-4-7-13-52(46)58(55(49)32-43)38-23-34-21-35(25-38)26-39(58)24-34)44-17-20-50-47-11-5-8-14-53(47)59(56(50)33-44)40-27-36-22-37(29-40)30-41(59)28-36/h3-20,31-41H,21-30H2,1-2H3. The number of fused-ring (bicyclic) bond motifs is 9. The summed E-state index contributed by atoms with van der Waals surface area (Å²) in [4.78, 5) is 2.71. The van der Waals surface area contributed by atoms with Crippen LogP contribution in [-0.4, -0.2) is 0 Å². The van der Waals surface area contributed by atoms with Crippen LogP contribution in [0.15, 0.2) is 127 Å². The number of anilines is 3. The molecule has 11 aliphatic rings. The van der Waals surface area contributed by atoms with Gasteiger partial charge in [-0.1, -0.05) is 105 Å². The number of nitrogens with zero attached hydrogens (tertiary/aromatic N) is 1. The summed E-state index contributed by atoms with van der Waals surface area (Å²) in [5.74, 6) is 6.71. The molecule has 0 N–H and O–H groups in total. The van der Waals surface area contributed by atoms with Crippen LogP contribution in [0.2, 0.25) is 0 Å². The van der Waals surface area contributed by atoms with Crippen LogP contribution in [0.5, 0.6) is 0 Å². The van der Waals surface area contributed by atoms with Gasteiger partial charge in [0.15, 0.2) is 0 Å². The van der Waals surface area contributed by atoms with Gasteiger partial charge >= 0.3 is 0 Å². The second-order valence-corrected chi connectivity index (χ2v) is 22.1. The molecule has 11 aliphatic carbocycles. The maximum Gasteiger partial charge on any atom is 0.0465 e. The summed E-state index contributed by atoms with van der Waals surface area (Å²) in [5, 5.41) is 0. The van der Waals surface area contributed by atoms with Gasteiger partial charge in [-0.05, 0) is 215 Å². The smallest absolute Gasteiger partial charge is 0.0465 e. The highest BCUT2D eigenvalue weighted by Crippen LogP contribution is 2.71. The van der Waals surface area contributed by atoms with Crippen LogP contribution in [-0.2, 0) is 16.2 Å². The summed E-state index contributed by atoms with van der Waals surface area (Å²) < 4.78 is 0. The van der Waals surface area contributed by atoms with E-state index in [2.05, 4.69) is 146 Å². The van der Waals surface area contributed by atoms with Crippen molar-refractivity contribution in [1.82, 2.24) is 0 Å². The predicted molar refractivity (Wildman–Crippen MR) is 245 cm³/mol. The zero-order chi connectivity index (χ0) is 39.3. The van der Waals surface area contributed by atoms with Gasteiger partial charge in [0, 0.05) is 33.3 Å². The van der Waals surface area contributed by atoms with Crippen molar-refractivity contribution < 1.29 is 0 Å². The first-order valence-corrected chi connectivity index (χ1v) is 23.9. The van der Waals surface area contributed by atoms with E-state index in [9.17, 15) is 0 Å². The summed E-state index contributed by atoms with van der Waals surface area (Å²) in [6, 6.07) is 51.4. The van der Waals surface area contributed by atoms with Gasteiger partial charge in [0.2, 0.25) is 0 Å². The molecule has 0 amide bonds. The van der Waals surface area contributed by atoms with Crippen molar-refractivity contribution in [2.24, 2.45) is 47.3 Å². The highest BCUT2D eigenvalue weighted by Gasteiger charge is 2.63. The van der Waals surface area contributed by atoms with Crippen molar-refractivity contribution in [3.05, 3.63) is 161 Å². The van der Waals surface area contributed by atoms with Crippen LogP contribution in [0.4, 0.5) is 17.1 Å². The van der Waals surface area contributed by atoms with E-state index < -0.39 is 0 Å². The molecular formula is C59H55N. The summed E-state index contributed by atoms with van der Waals surface area (Å²) in [6.07, 6.45) is 14.2. The largest absolute Gasteiger partial charge is 0.310 e. The number of rotatable bonds is 3. The summed E-state index contributed by atoms with van der Waals surface area (Å²) in [5.41, 5.74) is 22.4. The van der Waals surface area contributed by atoms with E-state index in [0.717, 1.165) is 47.3 Å². The molecule has 17 rings (SSSR count). The third-order valence-electron chi connectivity index (χ3n) is 19.4. The first kappa shape index (κ1) is 33.8. The quantitative estimate of drug-likeness (QED) is 0.173. The Kier molecular flexibility index (Phi) is 6.38. The fourth-order valence-electron chi connectivity index (χ4n) is 17.8. The van der Waals surface area contributed by atoms with Crippen LogP contribution in [0.1, 0.15) is 111 Å². The molecule has 8 bridgehead atoms. The molecule has 60 heavy (non-hydrogen) atoms. The van der Waals surface area contributed by atoms with Crippen molar-refractivity contribution >= 4 is 17.1 Å². The van der Waals surface area contributed by atoms with Crippen LogP contribution in [0, 0.1) is 47.3 Å². The Hall–Kier alpha value is -4.88. The molecule has 6 aromatic rings. The summed E-state index contributed by atoms with van der Waals surface area (Å²) in [7, 11) is 0. The average molecular weight is 778 g/mol. The maximum atomic E-state index is 2.73. The van der Waals surface area contributed by atoms with Gasteiger partial charge in [-0.15, -0.1) is 0 Å². The molecule has 0 heterocycles. The van der Waals surface area contributed by atoms with E-state index in [-0.39, 0.29) is 16.2 Å². The fourth-order valence-corrected chi connectivity index (χ4v) is 17.8. The van der Waals surface area contributed by atoms with Gasteiger partial charge in [0.05, 0.1) is 0 Å². The monoisotopic (exact) mass is 777 g/mol. The van der Waals surface area contributed by atoms with Crippen molar-refractivity contribution in [2.75, 3.05) is 4.90 Å². The summed E-state index contributed by atoms with van der Waals surface area (Å²) in [6.45, 7) is 4.88. The first-order chi connectivity index (χ1) is 29.4. The number of benzene rings is 6. The highest BCUT2D eigenvalue weighted by atomic mass is 15.1. The molecule has 2 spiro atoms. The molecule has 8 saturated carbocycles.